The van der Waals surface area contributed by atoms with Crippen molar-refractivity contribution in [1.82, 2.24) is 18.7 Å². The molecule has 0 unspecified atom stereocenters. The van der Waals surface area contributed by atoms with Gasteiger partial charge in [0.2, 0.25) is 0 Å². The van der Waals surface area contributed by atoms with Crippen LogP contribution in [0.25, 0.3) is 11.2 Å². The fourth-order valence-corrected chi connectivity index (χ4v) is 3.38. The minimum Gasteiger partial charge on any atom is -0.316 e. The van der Waals surface area contributed by atoms with E-state index >= 15 is 0 Å². The number of nitrogens with zero attached hydrogens (tertiary/aromatic N) is 5. The van der Waals surface area contributed by atoms with E-state index in [1.807, 2.05) is 12.1 Å². The number of aromatic nitrogens is 4. The van der Waals surface area contributed by atoms with Gasteiger partial charge < -0.3 is 4.57 Å². The second kappa shape index (κ2) is 6.02. The number of hydrogen-bond donors (Lipinski definition) is 0. The van der Waals surface area contributed by atoms with E-state index in [1.165, 1.54) is 23.4 Å². The zero-order valence-corrected chi connectivity index (χ0v) is 14.3. The minimum absolute atomic E-state index is 0.353. The summed E-state index contributed by atoms with van der Waals surface area (Å²) in [6, 6.07) is 9.41. The molecule has 2 heterocycles. The first-order valence-corrected chi connectivity index (χ1v) is 8.17. The number of nitriles is 1. The number of imidazole rings is 1. The van der Waals surface area contributed by atoms with Crippen LogP contribution in [0.5, 0.6) is 0 Å². The fraction of sp³-hybridized carbons (Fsp3) is 0.250. The highest BCUT2D eigenvalue weighted by Gasteiger charge is 2.17. The van der Waals surface area contributed by atoms with E-state index in [0.29, 0.717) is 27.6 Å². The monoisotopic (exact) mass is 341 g/mol. The van der Waals surface area contributed by atoms with E-state index in [1.54, 1.807) is 30.8 Å². The molecule has 0 aliphatic heterocycles. The molecule has 2 aromatic heterocycles. The van der Waals surface area contributed by atoms with Crippen molar-refractivity contribution in [2.24, 2.45) is 21.1 Å². The van der Waals surface area contributed by atoms with E-state index in [-0.39, 0.29) is 5.56 Å². The summed E-state index contributed by atoms with van der Waals surface area (Å²) in [4.78, 5) is 28.8. The smallest absolute Gasteiger partial charge is 0.316 e. The highest BCUT2D eigenvalue weighted by atomic mass is 32.2. The van der Waals surface area contributed by atoms with E-state index < -0.39 is 5.69 Å². The first-order valence-electron chi connectivity index (χ1n) is 7.18. The lowest BCUT2D eigenvalue weighted by molar-refractivity contribution is 0.705. The summed E-state index contributed by atoms with van der Waals surface area (Å²) in [6.45, 7) is 0. The summed E-state index contributed by atoms with van der Waals surface area (Å²) in [5.74, 6) is 0.650. The van der Waals surface area contributed by atoms with Crippen molar-refractivity contribution in [2.45, 2.75) is 10.9 Å². The zero-order valence-electron chi connectivity index (χ0n) is 13.5. The first kappa shape index (κ1) is 16.1. The summed E-state index contributed by atoms with van der Waals surface area (Å²) in [5, 5.41) is 9.48. The molecule has 1 aromatic carbocycles. The number of aryl methyl sites for hydroxylation is 2. The molecule has 0 radical (unpaired) electrons. The lowest BCUT2D eigenvalue weighted by atomic mass is 10.2. The third-order valence-corrected chi connectivity index (χ3v) is 4.99. The fourth-order valence-electron chi connectivity index (χ4n) is 2.45. The zero-order chi connectivity index (χ0) is 17.4. The van der Waals surface area contributed by atoms with Gasteiger partial charge in [0.25, 0.3) is 5.56 Å². The summed E-state index contributed by atoms with van der Waals surface area (Å²) < 4.78 is 4.17. The predicted octanol–water partition coefficient (Wildman–Crippen LogP) is 1.13. The molecule has 0 atom stereocenters. The second-order valence-electron chi connectivity index (χ2n) is 5.43. The van der Waals surface area contributed by atoms with Gasteiger partial charge in [-0.2, -0.15) is 5.26 Å². The second-order valence-corrected chi connectivity index (χ2v) is 6.37. The van der Waals surface area contributed by atoms with Gasteiger partial charge in [0.15, 0.2) is 16.3 Å². The van der Waals surface area contributed by atoms with Crippen LogP contribution in [0.3, 0.4) is 0 Å². The van der Waals surface area contributed by atoms with Gasteiger partial charge in [-0.25, -0.2) is 9.78 Å². The summed E-state index contributed by atoms with van der Waals surface area (Å²) >= 11 is 1.47. The van der Waals surface area contributed by atoms with Gasteiger partial charge in [-0.15, -0.1) is 0 Å². The number of rotatable bonds is 3. The molecule has 0 N–H and O–H groups in total. The van der Waals surface area contributed by atoms with Gasteiger partial charge in [0, 0.05) is 26.9 Å². The Morgan fingerprint density at radius 3 is 2.38 bits per heavy atom. The third kappa shape index (κ3) is 2.53. The van der Waals surface area contributed by atoms with Crippen molar-refractivity contribution in [2.75, 3.05) is 0 Å². The van der Waals surface area contributed by atoms with Crippen LogP contribution in [0.4, 0.5) is 0 Å². The molecule has 0 fully saturated rings. The van der Waals surface area contributed by atoms with Crippen LogP contribution < -0.4 is 11.2 Å². The maximum Gasteiger partial charge on any atom is 0.332 e. The molecule has 0 saturated carbocycles. The standard InChI is InChI=1S/C16H15N5O2S/c1-19-12-13(20(2)16(23)21(3)14(12)22)18-15(19)24-9-11-6-4-10(8-17)5-7-11/h4-7H,9H2,1-3H3. The summed E-state index contributed by atoms with van der Waals surface area (Å²) in [7, 11) is 4.83. The van der Waals surface area contributed by atoms with Crippen LogP contribution in [0.2, 0.25) is 0 Å². The summed E-state index contributed by atoms with van der Waals surface area (Å²) in [6.07, 6.45) is 0. The molecule has 0 amide bonds. The number of hydrogen-bond acceptors (Lipinski definition) is 5. The molecule has 0 spiro atoms. The average Bonchev–Trinajstić information content (AvgIpc) is 2.93. The van der Waals surface area contributed by atoms with E-state index in [9.17, 15) is 9.59 Å². The van der Waals surface area contributed by atoms with Gasteiger partial charge >= 0.3 is 5.69 Å². The SMILES string of the molecule is Cn1c(=O)c2c(nc(SCc3ccc(C#N)cc3)n2C)n(C)c1=O. The average molecular weight is 341 g/mol. The van der Waals surface area contributed by atoms with Crippen molar-refractivity contribution in [3.8, 4) is 6.07 Å². The number of benzene rings is 1. The van der Waals surface area contributed by atoms with Gasteiger partial charge in [-0.3, -0.25) is 13.9 Å². The topological polar surface area (TPSA) is 85.6 Å². The molecule has 122 valence electrons. The van der Waals surface area contributed by atoms with Crippen LogP contribution in [0.1, 0.15) is 11.1 Å². The normalized spacial score (nSPS) is 10.9. The molecule has 7 nitrogen and oxygen atoms in total. The van der Waals surface area contributed by atoms with Crippen LogP contribution in [-0.2, 0) is 26.9 Å². The van der Waals surface area contributed by atoms with Gasteiger partial charge in [-0.1, -0.05) is 23.9 Å². The molecule has 3 rings (SSSR count). The summed E-state index contributed by atoms with van der Waals surface area (Å²) in [5.41, 5.74) is 1.70. The molecule has 3 aromatic rings. The number of fused-ring (bicyclic) bond motifs is 1. The van der Waals surface area contributed by atoms with E-state index in [4.69, 9.17) is 5.26 Å². The Labute approximate surface area is 141 Å². The van der Waals surface area contributed by atoms with Crippen molar-refractivity contribution in [3.05, 3.63) is 56.2 Å². The van der Waals surface area contributed by atoms with Crippen molar-refractivity contribution in [1.29, 1.82) is 5.26 Å². The molecular formula is C16H15N5O2S. The van der Waals surface area contributed by atoms with Crippen LogP contribution in [0.15, 0.2) is 39.0 Å². The quantitative estimate of drug-likeness (QED) is 0.667. The molecule has 0 saturated heterocycles. The molecule has 8 heteroatoms. The van der Waals surface area contributed by atoms with E-state index in [0.717, 1.165) is 10.1 Å². The Morgan fingerprint density at radius 1 is 1.08 bits per heavy atom. The highest BCUT2D eigenvalue weighted by molar-refractivity contribution is 7.98. The Balaban J connectivity index is 1.99. The Kier molecular flexibility index (Phi) is 4.03. The minimum atomic E-state index is -0.394. The van der Waals surface area contributed by atoms with Gasteiger partial charge in [-0.05, 0) is 17.7 Å². The third-order valence-electron chi connectivity index (χ3n) is 3.89. The van der Waals surface area contributed by atoms with Crippen LogP contribution >= 0.6 is 11.8 Å². The lowest BCUT2D eigenvalue weighted by Crippen LogP contribution is -2.37. The molecular weight excluding hydrogens is 326 g/mol. The van der Waals surface area contributed by atoms with Gasteiger partial charge in [0.05, 0.1) is 11.6 Å². The molecule has 0 aliphatic rings. The first-order chi connectivity index (χ1) is 11.4. The largest absolute Gasteiger partial charge is 0.332 e. The Morgan fingerprint density at radius 2 is 1.75 bits per heavy atom. The van der Waals surface area contributed by atoms with Crippen molar-refractivity contribution in [3.63, 3.8) is 0 Å². The Bertz CT molecular complexity index is 1080. The predicted molar refractivity (Wildman–Crippen MR) is 91.9 cm³/mol. The Hall–Kier alpha value is -2.79. The maximum atomic E-state index is 12.3. The van der Waals surface area contributed by atoms with Crippen LogP contribution in [-0.4, -0.2) is 18.7 Å². The van der Waals surface area contributed by atoms with E-state index in [2.05, 4.69) is 11.1 Å². The highest BCUT2D eigenvalue weighted by Crippen LogP contribution is 2.24. The molecule has 24 heavy (non-hydrogen) atoms. The number of thioether (sulfide) groups is 1. The lowest BCUT2D eigenvalue weighted by Gasteiger charge is -2.04. The molecule has 0 aliphatic carbocycles. The van der Waals surface area contributed by atoms with Crippen molar-refractivity contribution < 1.29 is 0 Å². The van der Waals surface area contributed by atoms with Crippen LogP contribution in [0, 0.1) is 11.3 Å². The maximum absolute atomic E-state index is 12.3. The van der Waals surface area contributed by atoms with Gasteiger partial charge in [0.1, 0.15) is 0 Å². The molecule has 0 bridgehead atoms. The van der Waals surface area contributed by atoms with Crippen molar-refractivity contribution >= 4 is 22.9 Å².